The molecule has 9 heteroatoms. The van der Waals surface area contributed by atoms with Crippen LogP contribution in [0.1, 0.15) is 11.1 Å². The summed E-state index contributed by atoms with van der Waals surface area (Å²) in [6.07, 6.45) is -0.794. The first-order valence-electron chi connectivity index (χ1n) is 8.00. The molecule has 0 saturated heterocycles. The summed E-state index contributed by atoms with van der Waals surface area (Å²) in [6, 6.07) is 8.87. The van der Waals surface area contributed by atoms with Crippen molar-refractivity contribution in [3.05, 3.63) is 57.6 Å². The number of carboxylic acid groups (broad SMARTS) is 1. The molecule has 0 aliphatic carbocycles. The van der Waals surface area contributed by atoms with E-state index >= 15 is 0 Å². The van der Waals surface area contributed by atoms with Crippen LogP contribution in [0.4, 0.5) is 10.5 Å². The smallest absolute Gasteiger partial charge is 0.407 e. The van der Waals surface area contributed by atoms with Crippen molar-refractivity contribution in [3.8, 4) is 17.2 Å². The fraction of sp³-hybridized carbons (Fsp3) is 0.278. The fourth-order valence-electron chi connectivity index (χ4n) is 2.55. The van der Waals surface area contributed by atoms with Gasteiger partial charge in [-0.25, -0.2) is 4.79 Å². The van der Waals surface area contributed by atoms with Crippen molar-refractivity contribution in [2.24, 2.45) is 0 Å². The van der Waals surface area contributed by atoms with Crippen LogP contribution in [0.3, 0.4) is 0 Å². The Morgan fingerprint density at radius 3 is 2.37 bits per heavy atom. The van der Waals surface area contributed by atoms with E-state index in [1.54, 1.807) is 18.2 Å². The number of nitro groups is 1. The Morgan fingerprint density at radius 1 is 1.19 bits per heavy atom. The highest BCUT2D eigenvalue weighted by Gasteiger charge is 2.19. The van der Waals surface area contributed by atoms with Gasteiger partial charge in [0.25, 0.3) is 5.69 Å². The van der Waals surface area contributed by atoms with Crippen LogP contribution in [0, 0.1) is 10.1 Å². The summed E-state index contributed by atoms with van der Waals surface area (Å²) in [5.74, 6) is 0.571. The summed E-state index contributed by atoms with van der Waals surface area (Å²) >= 11 is 0. The van der Waals surface area contributed by atoms with Crippen LogP contribution in [-0.4, -0.2) is 46.9 Å². The zero-order chi connectivity index (χ0) is 20.0. The number of phenolic OH excluding ortho intramolecular Hbond substituents is 1. The summed E-state index contributed by atoms with van der Waals surface area (Å²) in [6.45, 7) is 0.0586. The summed E-state index contributed by atoms with van der Waals surface area (Å²) in [4.78, 5) is 22.9. The monoisotopic (exact) mass is 376 g/mol. The third kappa shape index (κ3) is 5.00. The molecule has 2 aromatic carbocycles. The second-order valence-electron chi connectivity index (χ2n) is 5.71. The molecule has 0 heterocycles. The quantitative estimate of drug-likeness (QED) is 0.536. The van der Waals surface area contributed by atoms with Crippen molar-refractivity contribution in [2.75, 3.05) is 20.8 Å². The molecule has 2 aromatic rings. The lowest BCUT2D eigenvalue weighted by Crippen LogP contribution is -2.31. The second kappa shape index (κ2) is 8.75. The molecule has 9 nitrogen and oxygen atoms in total. The number of hydrogen-bond acceptors (Lipinski definition) is 6. The molecule has 0 unspecified atom stereocenters. The number of non-ortho nitro benzene ring substituents is 1. The predicted molar refractivity (Wildman–Crippen MR) is 96.4 cm³/mol. The van der Waals surface area contributed by atoms with E-state index in [-0.39, 0.29) is 24.5 Å². The van der Waals surface area contributed by atoms with Gasteiger partial charge in [-0.1, -0.05) is 12.1 Å². The van der Waals surface area contributed by atoms with Gasteiger partial charge in [-0.05, 0) is 12.0 Å². The Kier molecular flexibility index (Phi) is 6.42. The molecular formula is C18H20N2O7. The van der Waals surface area contributed by atoms with Crippen molar-refractivity contribution in [3.63, 3.8) is 0 Å². The van der Waals surface area contributed by atoms with E-state index in [4.69, 9.17) is 9.47 Å². The van der Waals surface area contributed by atoms with Gasteiger partial charge in [0.1, 0.15) is 17.2 Å². The highest BCUT2D eigenvalue weighted by atomic mass is 16.6. The minimum atomic E-state index is -1.16. The molecule has 2 rings (SSSR count). The van der Waals surface area contributed by atoms with Gasteiger partial charge in [0.2, 0.25) is 0 Å². The van der Waals surface area contributed by atoms with E-state index in [0.29, 0.717) is 23.5 Å². The first-order valence-corrected chi connectivity index (χ1v) is 8.00. The Balaban J connectivity index is 2.14. The Hall–Kier alpha value is -3.49. The molecule has 0 atom stereocenters. The number of phenols is 1. The largest absolute Gasteiger partial charge is 0.507 e. The van der Waals surface area contributed by atoms with E-state index in [1.807, 2.05) is 0 Å². The van der Waals surface area contributed by atoms with Gasteiger partial charge in [0, 0.05) is 30.8 Å². The lowest BCUT2D eigenvalue weighted by atomic mass is 10.1. The fourth-order valence-corrected chi connectivity index (χ4v) is 2.55. The predicted octanol–water partition coefficient (Wildman–Crippen LogP) is 3.04. The number of nitro benzene ring substituents is 1. The van der Waals surface area contributed by atoms with Crippen LogP contribution in [0.5, 0.6) is 17.2 Å². The number of amides is 1. The number of carbonyl (C=O) groups is 1. The van der Waals surface area contributed by atoms with Crippen molar-refractivity contribution in [2.45, 2.75) is 13.0 Å². The van der Waals surface area contributed by atoms with Gasteiger partial charge in [-0.2, -0.15) is 0 Å². The van der Waals surface area contributed by atoms with Crippen molar-refractivity contribution in [1.29, 1.82) is 0 Å². The summed E-state index contributed by atoms with van der Waals surface area (Å²) in [5.41, 5.74) is 1.06. The normalized spacial score (nSPS) is 10.3. The highest BCUT2D eigenvalue weighted by Crippen LogP contribution is 2.34. The number of hydrogen-bond donors (Lipinski definition) is 2. The van der Waals surface area contributed by atoms with Gasteiger partial charge in [-0.15, -0.1) is 0 Å². The molecule has 27 heavy (non-hydrogen) atoms. The second-order valence-corrected chi connectivity index (χ2v) is 5.71. The molecular weight excluding hydrogens is 356 g/mol. The van der Waals surface area contributed by atoms with Gasteiger partial charge < -0.3 is 24.6 Å². The topological polar surface area (TPSA) is 122 Å². The standard InChI is InChI=1S/C18H20N2O7/c1-26-14-9-16(21)15(17(10-14)27-2)11-19(18(22)23)8-7-12-3-5-13(6-4-12)20(24)25/h3-6,9-10,21H,7-8,11H2,1-2H3,(H,22,23). The lowest BCUT2D eigenvalue weighted by molar-refractivity contribution is -0.384. The van der Waals surface area contributed by atoms with Crippen molar-refractivity contribution in [1.82, 2.24) is 4.90 Å². The third-order valence-electron chi connectivity index (χ3n) is 4.05. The maximum absolute atomic E-state index is 11.6. The summed E-state index contributed by atoms with van der Waals surface area (Å²) in [7, 11) is 2.86. The number of benzene rings is 2. The number of nitrogens with zero attached hydrogens (tertiary/aromatic N) is 2. The van der Waals surface area contributed by atoms with Gasteiger partial charge >= 0.3 is 6.09 Å². The average Bonchev–Trinajstić information content (AvgIpc) is 2.65. The zero-order valence-corrected chi connectivity index (χ0v) is 14.9. The van der Waals surface area contributed by atoms with Crippen LogP contribution < -0.4 is 9.47 Å². The van der Waals surface area contributed by atoms with E-state index in [2.05, 4.69) is 0 Å². The first kappa shape index (κ1) is 19.8. The number of aromatic hydroxyl groups is 1. The van der Waals surface area contributed by atoms with Crippen molar-refractivity contribution >= 4 is 11.8 Å². The molecule has 0 radical (unpaired) electrons. The van der Waals surface area contributed by atoms with Crippen molar-refractivity contribution < 1.29 is 29.4 Å². The molecule has 0 bridgehead atoms. The maximum atomic E-state index is 11.6. The molecule has 0 aliphatic heterocycles. The van der Waals surface area contributed by atoms with Gasteiger partial charge in [-0.3, -0.25) is 10.1 Å². The number of ether oxygens (including phenoxy) is 2. The van der Waals surface area contributed by atoms with Crippen LogP contribution in [0.2, 0.25) is 0 Å². The molecule has 0 fully saturated rings. The van der Waals surface area contributed by atoms with Crippen LogP contribution in [0.15, 0.2) is 36.4 Å². The van der Waals surface area contributed by atoms with E-state index in [9.17, 15) is 25.1 Å². The van der Waals surface area contributed by atoms with Crippen LogP contribution in [-0.2, 0) is 13.0 Å². The molecule has 0 spiro atoms. The van der Waals surface area contributed by atoms with E-state index in [1.165, 1.54) is 32.4 Å². The van der Waals surface area contributed by atoms with Crippen LogP contribution in [0.25, 0.3) is 0 Å². The number of methoxy groups -OCH3 is 2. The van der Waals surface area contributed by atoms with E-state index < -0.39 is 11.0 Å². The van der Waals surface area contributed by atoms with Crippen LogP contribution >= 0.6 is 0 Å². The van der Waals surface area contributed by atoms with Gasteiger partial charge in [0.15, 0.2) is 0 Å². The molecule has 0 saturated carbocycles. The number of rotatable bonds is 8. The lowest BCUT2D eigenvalue weighted by Gasteiger charge is -2.21. The maximum Gasteiger partial charge on any atom is 0.407 e. The Bertz CT molecular complexity index is 821. The molecule has 144 valence electrons. The summed E-state index contributed by atoms with van der Waals surface area (Å²) in [5, 5.41) is 30.3. The molecule has 1 amide bonds. The minimum Gasteiger partial charge on any atom is -0.507 e. The first-order chi connectivity index (χ1) is 12.8. The Morgan fingerprint density at radius 2 is 1.85 bits per heavy atom. The molecule has 2 N–H and O–H groups in total. The van der Waals surface area contributed by atoms with E-state index in [0.717, 1.165) is 10.5 Å². The SMILES string of the molecule is COc1cc(O)c(CN(CCc2ccc([N+](=O)[O-])cc2)C(=O)O)c(OC)c1. The average molecular weight is 376 g/mol. The Labute approximate surface area is 155 Å². The molecule has 0 aliphatic rings. The summed E-state index contributed by atoms with van der Waals surface area (Å²) < 4.78 is 10.3. The van der Waals surface area contributed by atoms with Gasteiger partial charge in [0.05, 0.1) is 31.3 Å². The highest BCUT2D eigenvalue weighted by molar-refractivity contribution is 5.65. The molecule has 0 aromatic heterocycles. The minimum absolute atomic E-state index is 0.0262. The third-order valence-corrected chi connectivity index (χ3v) is 4.05. The zero-order valence-electron chi connectivity index (χ0n) is 14.9.